The van der Waals surface area contributed by atoms with E-state index in [1.165, 1.54) is 0 Å². The average molecular weight is 407 g/mol. The molecule has 0 atom stereocenters. The molecule has 0 aliphatic carbocycles. The number of benzene rings is 1. The lowest BCUT2D eigenvalue weighted by Crippen LogP contribution is -2.07. The first kappa shape index (κ1) is 16.7. The summed E-state index contributed by atoms with van der Waals surface area (Å²) < 4.78 is 7.48. The van der Waals surface area contributed by atoms with E-state index in [1.807, 2.05) is 0 Å². The summed E-state index contributed by atoms with van der Waals surface area (Å²) in [5.74, 6) is -0.519. The largest absolute Gasteiger partial charge is 0.462 e. The van der Waals surface area contributed by atoms with Gasteiger partial charge in [-0.25, -0.2) is 4.79 Å². The molecular formula is C18H13BrClNO3. The zero-order valence-corrected chi connectivity index (χ0v) is 15.1. The first-order valence-electron chi connectivity index (χ1n) is 7.29. The van der Waals surface area contributed by atoms with E-state index in [4.69, 9.17) is 16.3 Å². The number of fused-ring (bicyclic) bond motifs is 1. The second-order valence-electron chi connectivity index (χ2n) is 5.10. The molecule has 0 amide bonds. The van der Waals surface area contributed by atoms with Crippen LogP contribution < -0.4 is 0 Å². The predicted molar refractivity (Wildman–Crippen MR) is 95.9 cm³/mol. The van der Waals surface area contributed by atoms with Crippen molar-refractivity contribution in [2.45, 2.75) is 6.92 Å². The van der Waals surface area contributed by atoms with Gasteiger partial charge in [-0.1, -0.05) is 11.6 Å². The summed E-state index contributed by atoms with van der Waals surface area (Å²) in [6.45, 7) is 2.07. The maximum atomic E-state index is 12.7. The van der Waals surface area contributed by atoms with E-state index in [-0.39, 0.29) is 5.78 Å². The zero-order valence-electron chi connectivity index (χ0n) is 12.8. The number of esters is 1. The number of halogens is 2. The van der Waals surface area contributed by atoms with E-state index >= 15 is 0 Å². The zero-order chi connectivity index (χ0) is 17.3. The number of hydrogen-bond donors (Lipinski definition) is 0. The van der Waals surface area contributed by atoms with E-state index in [0.717, 1.165) is 9.99 Å². The molecule has 0 spiro atoms. The highest BCUT2D eigenvalue weighted by molar-refractivity contribution is 9.10. The van der Waals surface area contributed by atoms with Gasteiger partial charge in [0.2, 0.25) is 5.78 Å². The van der Waals surface area contributed by atoms with Crippen molar-refractivity contribution >= 4 is 44.8 Å². The molecule has 6 heteroatoms. The molecule has 0 aliphatic heterocycles. The molecule has 4 nitrogen and oxygen atoms in total. The summed E-state index contributed by atoms with van der Waals surface area (Å²) >= 11 is 9.31. The molecule has 2 heterocycles. The van der Waals surface area contributed by atoms with Crippen LogP contribution in [-0.2, 0) is 4.74 Å². The van der Waals surface area contributed by atoms with Gasteiger partial charge in [0.25, 0.3) is 0 Å². The molecule has 0 saturated carbocycles. The molecule has 3 aromatic rings. The predicted octanol–water partition coefficient (Wildman–Crippen LogP) is 4.76. The molecule has 122 valence electrons. The van der Waals surface area contributed by atoms with Gasteiger partial charge in [0.15, 0.2) is 0 Å². The number of ether oxygens (including phenoxy) is 1. The number of rotatable bonds is 4. The van der Waals surface area contributed by atoms with E-state index in [2.05, 4.69) is 15.9 Å². The highest BCUT2D eigenvalue weighted by atomic mass is 79.9. The molecule has 0 radical (unpaired) electrons. The van der Waals surface area contributed by atoms with Crippen LogP contribution in [0.25, 0.3) is 5.52 Å². The minimum absolute atomic E-state index is 0.128. The van der Waals surface area contributed by atoms with E-state index in [9.17, 15) is 9.59 Å². The fraction of sp³-hybridized carbons (Fsp3) is 0.111. The Morgan fingerprint density at radius 2 is 1.83 bits per heavy atom. The number of carbonyl (C=O) groups is 2. The van der Waals surface area contributed by atoms with Crippen molar-refractivity contribution in [3.8, 4) is 0 Å². The third kappa shape index (κ3) is 3.09. The summed E-state index contributed by atoms with van der Waals surface area (Å²) in [7, 11) is 0. The van der Waals surface area contributed by atoms with Crippen molar-refractivity contribution in [2.75, 3.05) is 6.61 Å². The molecule has 1 aromatic carbocycles. The maximum absolute atomic E-state index is 12.7. The van der Waals surface area contributed by atoms with Crippen LogP contribution in [0.3, 0.4) is 0 Å². The van der Waals surface area contributed by atoms with Crippen LogP contribution in [0.2, 0.25) is 5.02 Å². The fourth-order valence-corrected chi connectivity index (χ4v) is 3.07. The monoisotopic (exact) mass is 405 g/mol. The molecule has 0 aliphatic rings. The van der Waals surface area contributed by atoms with Gasteiger partial charge >= 0.3 is 5.97 Å². The molecule has 0 N–H and O–H groups in total. The van der Waals surface area contributed by atoms with E-state index < -0.39 is 5.97 Å². The normalized spacial score (nSPS) is 10.8. The molecule has 0 saturated heterocycles. The van der Waals surface area contributed by atoms with Crippen LogP contribution in [0.1, 0.15) is 33.3 Å². The van der Waals surface area contributed by atoms with Crippen molar-refractivity contribution in [3.05, 3.63) is 75.0 Å². The standard InChI is InChI=1S/C18H13BrClNO3/c1-2-24-18(23)12-7-8-21-15(9-12)14(19)10-16(21)17(22)11-3-5-13(20)6-4-11/h3-10H,2H2,1H3. The molecule has 0 unspecified atom stereocenters. The summed E-state index contributed by atoms with van der Waals surface area (Å²) in [6, 6.07) is 11.8. The van der Waals surface area contributed by atoms with Crippen LogP contribution in [-0.4, -0.2) is 22.8 Å². The molecule has 0 bridgehead atoms. The molecule has 2 aromatic heterocycles. The molecule has 0 fully saturated rings. The lowest BCUT2D eigenvalue weighted by molar-refractivity contribution is 0.0526. The van der Waals surface area contributed by atoms with Crippen molar-refractivity contribution in [1.29, 1.82) is 0 Å². The Balaban J connectivity index is 2.05. The lowest BCUT2D eigenvalue weighted by Gasteiger charge is -2.05. The summed E-state index contributed by atoms with van der Waals surface area (Å²) in [5.41, 5.74) is 2.20. The second kappa shape index (κ2) is 6.79. The number of ketones is 1. The Morgan fingerprint density at radius 3 is 2.50 bits per heavy atom. The highest BCUT2D eigenvalue weighted by Crippen LogP contribution is 2.26. The molecule has 3 rings (SSSR count). The van der Waals surface area contributed by atoms with Gasteiger partial charge in [-0.15, -0.1) is 0 Å². The number of aromatic nitrogens is 1. The van der Waals surface area contributed by atoms with Crippen molar-refractivity contribution in [3.63, 3.8) is 0 Å². The van der Waals surface area contributed by atoms with Crippen LogP contribution in [0.4, 0.5) is 0 Å². The summed E-state index contributed by atoms with van der Waals surface area (Å²) in [5, 5.41) is 0.576. The maximum Gasteiger partial charge on any atom is 0.338 e. The Bertz CT molecular complexity index is 931. The highest BCUT2D eigenvalue weighted by Gasteiger charge is 2.17. The lowest BCUT2D eigenvalue weighted by atomic mass is 10.1. The third-order valence-electron chi connectivity index (χ3n) is 3.57. The Hall–Kier alpha value is -2.11. The van der Waals surface area contributed by atoms with Gasteiger partial charge in [0.05, 0.1) is 23.4 Å². The minimum atomic E-state index is -0.390. The van der Waals surface area contributed by atoms with Crippen LogP contribution in [0.5, 0.6) is 0 Å². The Labute approximate surface area is 152 Å². The summed E-state index contributed by atoms with van der Waals surface area (Å²) in [4.78, 5) is 24.6. The number of pyridine rings is 1. The van der Waals surface area contributed by atoms with Crippen molar-refractivity contribution in [2.24, 2.45) is 0 Å². The Kier molecular flexibility index (Phi) is 4.73. The fourth-order valence-electron chi connectivity index (χ4n) is 2.42. The van der Waals surface area contributed by atoms with Crippen LogP contribution >= 0.6 is 27.5 Å². The first-order chi connectivity index (χ1) is 11.5. The topological polar surface area (TPSA) is 47.8 Å². The molecule has 24 heavy (non-hydrogen) atoms. The van der Waals surface area contributed by atoms with Gasteiger partial charge in [-0.2, -0.15) is 0 Å². The average Bonchev–Trinajstić information content (AvgIpc) is 2.91. The van der Waals surface area contributed by atoms with Gasteiger partial charge in [-0.05, 0) is 65.3 Å². The van der Waals surface area contributed by atoms with Crippen LogP contribution in [0.15, 0.2) is 53.1 Å². The van der Waals surface area contributed by atoms with Gasteiger partial charge in [-0.3, -0.25) is 4.79 Å². The van der Waals surface area contributed by atoms with E-state index in [0.29, 0.717) is 28.5 Å². The van der Waals surface area contributed by atoms with Crippen molar-refractivity contribution < 1.29 is 14.3 Å². The van der Waals surface area contributed by atoms with Crippen molar-refractivity contribution in [1.82, 2.24) is 4.40 Å². The van der Waals surface area contributed by atoms with Gasteiger partial charge in [0, 0.05) is 21.3 Å². The third-order valence-corrected chi connectivity index (χ3v) is 4.46. The van der Waals surface area contributed by atoms with Gasteiger partial charge < -0.3 is 9.14 Å². The second-order valence-corrected chi connectivity index (χ2v) is 6.40. The number of carbonyl (C=O) groups excluding carboxylic acids is 2. The van der Waals surface area contributed by atoms with E-state index in [1.54, 1.807) is 60.0 Å². The minimum Gasteiger partial charge on any atom is -0.462 e. The quantitative estimate of drug-likeness (QED) is 0.463. The Morgan fingerprint density at radius 1 is 1.12 bits per heavy atom. The SMILES string of the molecule is CCOC(=O)c1ccn2c(C(=O)c3ccc(Cl)cc3)cc(Br)c2c1. The number of nitrogens with zero attached hydrogens (tertiary/aromatic N) is 1. The smallest absolute Gasteiger partial charge is 0.338 e. The number of hydrogen-bond acceptors (Lipinski definition) is 3. The van der Waals surface area contributed by atoms with Gasteiger partial charge in [0.1, 0.15) is 0 Å². The van der Waals surface area contributed by atoms with Crippen LogP contribution in [0, 0.1) is 0 Å². The first-order valence-corrected chi connectivity index (χ1v) is 8.46. The summed E-state index contributed by atoms with van der Waals surface area (Å²) in [6.07, 6.45) is 1.69. The molecular weight excluding hydrogens is 394 g/mol.